The third-order valence-corrected chi connectivity index (χ3v) is 5.93. The fourth-order valence-electron chi connectivity index (χ4n) is 2.94. The number of aliphatic hydroxyl groups is 1. The van der Waals surface area contributed by atoms with Gasteiger partial charge in [0, 0.05) is 29.7 Å². The van der Waals surface area contributed by atoms with Crippen molar-refractivity contribution in [3.05, 3.63) is 67.8 Å². The second kappa shape index (κ2) is 11.2. The lowest BCUT2D eigenvalue weighted by molar-refractivity contribution is 0.0589. The number of thiophene rings is 1. The normalized spacial score (nSPS) is 12.4. The average Bonchev–Trinajstić information content (AvgIpc) is 3.21. The van der Waals surface area contributed by atoms with Crippen LogP contribution in [0.25, 0.3) is 10.2 Å². The van der Waals surface area contributed by atoms with Gasteiger partial charge in [0.2, 0.25) is 5.43 Å². The molecule has 0 spiro atoms. The third kappa shape index (κ3) is 6.17. The van der Waals surface area contributed by atoms with Gasteiger partial charge in [-0.2, -0.15) is 0 Å². The van der Waals surface area contributed by atoms with Crippen LogP contribution in [0.5, 0.6) is 0 Å². The van der Waals surface area contributed by atoms with Crippen LogP contribution >= 0.6 is 22.9 Å². The number of aromatic nitrogens is 1. The van der Waals surface area contributed by atoms with Crippen molar-refractivity contribution < 1.29 is 19.5 Å². The molecule has 2 aromatic heterocycles. The van der Waals surface area contributed by atoms with E-state index < -0.39 is 12.0 Å². The highest BCUT2D eigenvalue weighted by Gasteiger charge is 2.17. The van der Waals surface area contributed by atoms with E-state index in [-0.39, 0.29) is 30.8 Å². The molecule has 1 aromatic carbocycles. The van der Waals surface area contributed by atoms with Crippen LogP contribution in [0.1, 0.15) is 27.7 Å². The Morgan fingerprint density at radius 2 is 2.12 bits per heavy atom. The molecule has 2 N–H and O–H groups in total. The largest absolute Gasteiger partial charge is 0.396 e. The van der Waals surface area contributed by atoms with Gasteiger partial charge in [0.25, 0.3) is 5.91 Å². The van der Waals surface area contributed by atoms with Gasteiger partial charge in [-0.05, 0) is 30.7 Å². The van der Waals surface area contributed by atoms with Gasteiger partial charge >= 0.3 is 0 Å². The minimum absolute atomic E-state index is 0.0412. The second-order valence-corrected chi connectivity index (χ2v) is 8.53. The number of amides is 1. The predicted molar refractivity (Wildman–Crippen MR) is 125 cm³/mol. The number of carbonyl (C=O) groups excluding carboxylic acids is 1. The predicted octanol–water partition coefficient (Wildman–Crippen LogP) is 3.08. The zero-order valence-corrected chi connectivity index (χ0v) is 19.3. The maximum atomic E-state index is 12.9. The van der Waals surface area contributed by atoms with Crippen molar-refractivity contribution in [1.82, 2.24) is 9.88 Å². The highest BCUT2D eigenvalue weighted by molar-refractivity contribution is 7.18. The Bertz CT molecular complexity index is 1160. The first-order valence-corrected chi connectivity index (χ1v) is 11.1. The van der Waals surface area contributed by atoms with Crippen molar-refractivity contribution in [2.24, 2.45) is 12.2 Å². The van der Waals surface area contributed by atoms with Gasteiger partial charge in [-0.25, -0.2) is 0 Å². The fraction of sp³-hybridized carbons (Fsp3) is 0.318. The van der Waals surface area contributed by atoms with Gasteiger partial charge in [0.15, 0.2) is 0 Å². The maximum absolute atomic E-state index is 12.9. The number of fused-ring (bicyclic) bond motifs is 1. The summed E-state index contributed by atoms with van der Waals surface area (Å²) in [5.74, 6) is -0.442. The van der Waals surface area contributed by atoms with Crippen molar-refractivity contribution in [1.29, 1.82) is 0 Å². The average molecular weight is 478 g/mol. The number of halogens is 1. The highest BCUT2D eigenvalue weighted by atomic mass is 35.5. The van der Waals surface area contributed by atoms with Crippen molar-refractivity contribution >= 4 is 45.3 Å². The number of pyridine rings is 1. The molecular weight excluding hydrogens is 454 g/mol. The molecule has 0 aliphatic rings. The van der Waals surface area contributed by atoms with E-state index in [1.165, 1.54) is 23.7 Å². The Morgan fingerprint density at radius 3 is 2.84 bits per heavy atom. The van der Waals surface area contributed by atoms with Gasteiger partial charge in [-0.3, -0.25) is 9.59 Å². The minimum atomic E-state index is -0.891. The van der Waals surface area contributed by atoms with Gasteiger partial charge < -0.3 is 24.6 Å². The number of aryl methyl sites for hydroxylation is 1. The molecule has 10 heteroatoms. The number of rotatable bonds is 10. The van der Waals surface area contributed by atoms with E-state index in [4.69, 9.17) is 21.2 Å². The summed E-state index contributed by atoms with van der Waals surface area (Å²) in [6, 6.07) is 8.84. The second-order valence-electron chi connectivity index (χ2n) is 6.98. The molecule has 0 radical (unpaired) electrons. The molecule has 0 aliphatic carbocycles. The monoisotopic (exact) mass is 477 g/mol. The zero-order valence-electron chi connectivity index (χ0n) is 17.7. The van der Waals surface area contributed by atoms with Crippen LogP contribution in [0.3, 0.4) is 0 Å². The Hall–Kier alpha value is -2.72. The molecule has 170 valence electrons. The van der Waals surface area contributed by atoms with Crippen LogP contribution in [-0.2, 0) is 29.8 Å². The van der Waals surface area contributed by atoms with Gasteiger partial charge in [0.1, 0.15) is 23.1 Å². The van der Waals surface area contributed by atoms with E-state index >= 15 is 0 Å². The highest BCUT2D eigenvalue weighted by Crippen LogP contribution is 2.24. The van der Waals surface area contributed by atoms with Crippen LogP contribution in [-0.4, -0.2) is 41.1 Å². The van der Waals surface area contributed by atoms with Crippen LogP contribution in [0.15, 0.2) is 46.5 Å². The van der Waals surface area contributed by atoms with Crippen LogP contribution in [0.4, 0.5) is 0 Å². The number of oxime groups is 1. The summed E-state index contributed by atoms with van der Waals surface area (Å²) in [6.07, 6.45) is 1.91. The van der Waals surface area contributed by atoms with E-state index in [0.717, 1.165) is 15.3 Å². The van der Waals surface area contributed by atoms with Gasteiger partial charge in [-0.15, -0.1) is 11.3 Å². The van der Waals surface area contributed by atoms with Crippen LogP contribution < -0.4 is 10.7 Å². The molecule has 0 aliphatic heterocycles. The first kappa shape index (κ1) is 23.9. The number of aliphatic hydroxyl groups excluding tert-OH is 1. The molecular formula is C22H24ClN3O5S. The summed E-state index contributed by atoms with van der Waals surface area (Å²) in [5, 5.41) is 17.2. The fourth-order valence-corrected chi connectivity index (χ4v) is 4.09. The summed E-state index contributed by atoms with van der Waals surface area (Å²) in [4.78, 5) is 31.9. The summed E-state index contributed by atoms with van der Waals surface area (Å²) in [6.45, 7) is 2.76. The standard InChI is InChI=1S/C22H24ClN3O5S/c1-3-31-25-10-16(27)12-30-13-17-8-18-20(28)19(11-26(2)22(18)32-17)21(29)24-9-14-4-6-15(23)7-5-14/h4-8,10-11,16,27H,3,9,12-13H2,1-2H3,(H,24,29)/b25-10-. The van der Waals surface area contributed by atoms with Gasteiger partial charge in [0.05, 0.1) is 24.8 Å². The lowest BCUT2D eigenvalue weighted by Crippen LogP contribution is -2.29. The van der Waals surface area contributed by atoms with Crippen molar-refractivity contribution in [2.45, 2.75) is 26.2 Å². The first-order chi connectivity index (χ1) is 15.4. The number of ether oxygens (including phenoxy) is 1. The molecule has 1 atom stereocenters. The molecule has 3 aromatic rings. The van der Waals surface area contributed by atoms with E-state index in [1.54, 1.807) is 36.7 Å². The molecule has 0 bridgehead atoms. The van der Waals surface area contributed by atoms with E-state index in [1.807, 2.05) is 12.1 Å². The molecule has 3 rings (SSSR count). The summed E-state index contributed by atoms with van der Waals surface area (Å²) >= 11 is 7.27. The number of benzene rings is 1. The summed E-state index contributed by atoms with van der Waals surface area (Å²) < 4.78 is 7.26. The smallest absolute Gasteiger partial charge is 0.257 e. The van der Waals surface area contributed by atoms with E-state index in [2.05, 4.69) is 10.5 Å². The topological polar surface area (TPSA) is 102 Å². The lowest BCUT2D eigenvalue weighted by Gasteiger charge is -2.07. The molecule has 1 unspecified atom stereocenters. The number of hydrogen-bond donors (Lipinski definition) is 2. The quantitative estimate of drug-likeness (QED) is 0.345. The van der Waals surface area contributed by atoms with E-state index in [9.17, 15) is 14.7 Å². The molecule has 0 saturated carbocycles. The number of nitrogens with one attached hydrogen (secondary N) is 1. The Morgan fingerprint density at radius 1 is 1.38 bits per heavy atom. The summed E-state index contributed by atoms with van der Waals surface area (Å²) in [7, 11) is 1.78. The Labute approximate surface area is 194 Å². The molecule has 2 heterocycles. The Kier molecular flexibility index (Phi) is 8.40. The number of carbonyl (C=O) groups is 1. The van der Waals surface area contributed by atoms with E-state index in [0.29, 0.717) is 17.0 Å². The van der Waals surface area contributed by atoms with Gasteiger partial charge in [-0.1, -0.05) is 28.9 Å². The SMILES string of the molecule is CCO/N=C\C(O)COCc1cc2c(=O)c(C(=O)NCc3ccc(Cl)cc3)cn(C)c2s1. The first-order valence-electron chi connectivity index (χ1n) is 9.95. The molecule has 1 amide bonds. The summed E-state index contributed by atoms with van der Waals surface area (Å²) in [5.41, 5.74) is 0.615. The molecule has 8 nitrogen and oxygen atoms in total. The minimum Gasteiger partial charge on any atom is -0.396 e. The van der Waals surface area contributed by atoms with Crippen molar-refractivity contribution in [2.75, 3.05) is 13.2 Å². The zero-order chi connectivity index (χ0) is 23.1. The molecule has 32 heavy (non-hydrogen) atoms. The lowest BCUT2D eigenvalue weighted by atomic mass is 10.2. The van der Waals surface area contributed by atoms with Crippen LogP contribution in [0, 0.1) is 0 Å². The van der Waals surface area contributed by atoms with Crippen molar-refractivity contribution in [3.8, 4) is 0 Å². The molecule has 0 saturated heterocycles. The van der Waals surface area contributed by atoms with Crippen LogP contribution in [0.2, 0.25) is 5.02 Å². The third-order valence-electron chi connectivity index (χ3n) is 4.48. The Balaban J connectivity index is 1.68. The molecule has 0 fully saturated rings. The number of nitrogens with zero attached hydrogens (tertiary/aromatic N) is 2. The van der Waals surface area contributed by atoms with Crippen molar-refractivity contribution in [3.63, 3.8) is 0 Å². The number of hydrogen-bond acceptors (Lipinski definition) is 7. The maximum Gasteiger partial charge on any atom is 0.257 e.